The molecule has 2 aromatic rings. The maximum absolute atomic E-state index is 12.5. The van der Waals surface area contributed by atoms with Crippen molar-refractivity contribution in [2.75, 3.05) is 26.1 Å². The van der Waals surface area contributed by atoms with Gasteiger partial charge in [-0.15, -0.1) is 0 Å². The first-order valence-corrected chi connectivity index (χ1v) is 7.06. The van der Waals surface area contributed by atoms with Gasteiger partial charge in [0.1, 0.15) is 0 Å². The molecule has 0 spiro atoms. The number of benzene rings is 2. The Bertz CT molecular complexity index is 639. The van der Waals surface area contributed by atoms with E-state index in [-0.39, 0.29) is 0 Å². The van der Waals surface area contributed by atoms with Crippen molar-refractivity contribution < 1.29 is 22.6 Å². The summed E-state index contributed by atoms with van der Waals surface area (Å²) in [6.45, 7) is 0.598. The average molecular weight is 325 g/mol. The molecule has 1 N–H and O–H groups in total. The van der Waals surface area contributed by atoms with Crippen LogP contribution in [-0.4, -0.2) is 20.8 Å². The third-order valence-electron chi connectivity index (χ3n) is 3.40. The zero-order valence-corrected chi connectivity index (χ0v) is 12.9. The van der Waals surface area contributed by atoms with E-state index in [2.05, 4.69) is 5.32 Å². The predicted molar refractivity (Wildman–Crippen MR) is 83.2 cm³/mol. The highest BCUT2D eigenvalue weighted by atomic mass is 19.4. The molecule has 124 valence electrons. The van der Waals surface area contributed by atoms with E-state index < -0.39 is 11.7 Å². The van der Waals surface area contributed by atoms with Gasteiger partial charge >= 0.3 is 6.18 Å². The average Bonchev–Trinajstić information content (AvgIpc) is 2.54. The van der Waals surface area contributed by atoms with Crippen LogP contribution in [0.15, 0.2) is 42.5 Å². The van der Waals surface area contributed by atoms with Gasteiger partial charge in [-0.1, -0.05) is 6.07 Å². The molecule has 6 heteroatoms. The van der Waals surface area contributed by atoms with Crippen LogP contribution in [0.1, 0.15) is 11.1 Å². The number of hydrogen-bond donors (Lipinski definition) is 1. The number of anilines is 1. The number of methoxy groups -OCH3 is 2. The van der Waals surface area contributed by atoms with Gasteiger partial charge in [-0.2, -0.15) is 13.2 Å². The molecule has 2 aromatic carbocycles. The summed E-state index contributed by atoms with van der Waals surface area (Å²) in [6.07, 6.45) is -3.60. The Kier molecular flexibility index (Phi) is 5.36. The van der Waals surface area contributed by atoms with Crippen molar-refractivity contribution in [2.24, 2.45) is 0 Å². The van der Waals surface area contributed by atoms with Gasteiger partial charge in [0, 0.05) is 12.2 Å². The van der Waals surface area contributed by atoms with Gasteiger partial charge in [0.2, 0.25) is 0 Å². The van der Waals surface area contributed by atoms with Gasteiger partial charge in [0.25, 0.3) is 0 Å². The minimum atomic E-state index is -4.31. The molecule has 3 nitrogen and oxygen atoms in total. The van der Waals surface area contributed by atoms with Crippen molar-refractivity contribution in [1.82, 2.24) is 0 Å². The van der Waals surface area contributed by atoms with E-state index in [0.29, 0.717) is 30.2 Å². The van der Waals surface area contributed by atoms with Gasteiger partial charge in [-0.3, -0.25) is 0 Å². The maximum atomic E-state index is 12.5. The van der Waals surface area contributed by atoms with E-state index in [4.69, 9.17) is 9.47 Å². The van der Waals surface area contributed by atoms with E-state index in [0.717, 1.165) is 17.7 Å². The van der Waals surface area contributed by atoms with Gasteiger partial charge in [0.05, 0.1) is 19.8 Å². The molecule has 0 aliphatic heterocycles. The van der Waals surface area contributed by atoms with Crippen LogP contribution in [0.3, 0.4) is 0 Å². The van der Waals surface area contributed by atoms with Crippen molar-refractivity contribution in [3.05, 3.63) is 53.6 Å². The molecule has 0 saturated heterocycles. The van der Waals surface area contributed by atoms with Crippen molar-refractivity contribution >= 4 is 5.69 Å². The molecule has 23 heavy (non-hydrogen) atoms. The van der Waals surface area contributed by atoms with Crippen LogP contribution < -0.4 is 14.8 Å². The number of alkyl halides is 3. The molecule has 0 atom stereocenters. The molecule has 0 fully saturated rings. The Balaban J connectivity index is 1.92. The Morgan fingerprint density at radius 2 is 1.57 bits per heavy atom. The molecule has 0 aromatic heterocycles. The Labute approximate surface area is 133 Å². The topological polar surface area (TPSA) is 30.5 Å². The normalized spacial score (nSPS) is 11.2. The third-order valence-corrected chi connectivity index (χ3v) is 3.40. The summed E-state index contributed by atoms with van der Waals surface area (Å²) in [5, 5.41) is 3.10. The SMILES string of the molecule is COc1ccc(CCNc2ccc(C(F)(F)F)cc2)cc1OC. The van der Waals surface area contributed by atoms with Gasteiger partial charge < -0.3 is 14.8 Å². The Morgan fingerprint density at radius 3 is 2.13 bits per heavy atom. The molecule has 0 bridgehead atoms. The number of ether oxygens (including phenoxy) is 2. The lowest BCUT2D eigenvalue weighted by atomic mass is 10.1. The largest absolute Gasteiger partial charge is 0.493 e. The van der Waals surface area contributed by atoms with Crippen molar-refractivity contribution in [1.29, 1.82) is 0 Å². The molecule has 0 aliphatic rings. The van der Waals surface area contributed by atoms with E-state index in [1.54, 1.807) is 14.2 Å². The number of hydrogen-bond acceptors (Lipinski definition) is 3. The molecule has 0 unspecified atom stereocenters. The van der Waals surface area contributed by atoms with E-state index in [1.807, 2.05) is 18.2 Å². The monoisotopic (exact) mass is 325 g/mol. The number of nitrogens with one attached hydrogen (secondary N) is 1. The molecule has 0 aliphatic carbocycles. The zero-order chi connectivity index (χ0) is 16.9. The van der Waals surface area contributed by atoms with Gasteiger partial charge in [-0.25, -0.2) is 0 Å². The van der Waals surface area contributed by atoms with E-state index in [1.165, 1.54) is 12.1 Å². The summed E-state index contributed by atoms with van der Waals surface area (Å²) in [5.74, 6) is 1.31. The third kappa shape index (κ3) is 4.55. The second kappa shape index (κ2) is 7.26. The lowest BCUT2D eigenvalue weighted by Crippen LogP contribution is -2.07. The van der Waals surface area contributed by atoms with Crippen molar-refractivity contribution in [2.45, 2.75) is 12.6 Å². The second-order valence-electron chi connectivity index (χ2n) is 4.94. The first kappa shape index (κ1) is 17.0. The highest BCUT2D eigenvalue weighted by Crippen LogP contribution is 2.30. The molecule has 2 rings (SSSR count). The van der Waals surface area contributed by atoms with E-state index >= 15 is 0 Å². The first-order valence-electron chi connectivity index (χ1n) is 7.06. The highest BCUT2D eigenvalue weighted by Gasteiger charge is 2.29. The lowest BCUT2D eigenvalue weighted by molar-refractivity contribution is -0.137. The zero-order valence-electron chi connectivity index (χ0n) is 12.9. The van der Waals surface area contributed by atoms with Crippen LogP contribution in [-0.2, 0) is 12.6 Å². The molecular formula is C17H18F3NO2. The summed E-state index contributed by atoms with van der Waals surface area (Å²) in [5.41, 5.74) is 1.04. The minimum Gasteiger partial charge on any atom is -0.493 e. The van der Waals surface area contributed by atoms with Crippen molar-refractivity contribution in [3.63, 3.8) is 0 Å². The standard InChI is InChI=1S/C17H18F3NO2/c1-22-15-8-3-12(11-16(15)23-2)9-10-21-14-6-4-13(5-7-14)17(18,19)20/h3-8,11,21H,9-10H2,1-2H3. The fourth-order valence-electron chi connectivity index (χ4n) is 2.16. The van der Waals surface area contributed by atoms with Gasteiger partial charge in [-0.05, 0) is 48.4 Å². The van der Waals surface area contributed by atoms with Crippen LogP contribution in [0.2, 0.25) is 0 Å². The van der Waals surface area contributed by atoms with Crippen LogP contribution in [0, 0.1) is 0 Å². The first-order chi connectivity index (χ1) is 10.9. The summed E-state index contributed by atoms with van der Waals surface area (Å²) >= 11 is 0. The minimum absolute atomic E-state index is 0.598. The molecule has 0 heterocycles. The summed E-state index contributed by atoms with van der Waals surface area (Å²) < 4.78 is 47.9. The molecule has 0 saturated carbocycles. The van der Waals surface area contributed by atoms with Crippen LogP contribution in [0.5, 0.6) is 11.5 Å². The number of halogens is 3. The van der Waals surface area contributed by atoms with Gasteiger partial charge in [0.15, 0.2) is 11.5 Å². The predicted octanol–water partition coefficient (Wildman–Crippen LogP) is 4.38. The number of rotatable bonds is 6. The quantitative estimate of drug-likeness (QED) is 0.855. The van der Waals surface area contributed by atoms with Crippen LogP contribution >= 0.6 is 0 Å². The summed E-state index contributed by atoms with van der Waals surface area (Å²) in [4.78, 5) is 0. The molecular weight excluding hydrogens is 307 g/mol. The van der Waals surface area contributed by atoms with E-state index in [9.17, 15) is 13.2 Å². The molecule has 0 amide bonds. The van der Waals surface area contributed by atoms with Crippen molar-refractivity contribution in [3.8, 4) is 11.5 Å². The Hall–Kier alpha value is -2.37. The highest BCUT2D eigenvalue weighted by molar-refractivity contribution is 5.46. The fourth-order valence-corrected chi connectivity index (χ4v) is 2.16. The Morgan fingerprint density at radius 1 is 0.913 bits per heavy atom. The fraction of sp³-hybridized carbons (Fsp3) is 0.294. The van der Waals surface area contributed by atoms with Crippen LogP contribution in [0.4, 0.5) is 18.9 Å². The lowest BCUT2D eigenvalue weighted by Gasteiger charge is -2.11. The summed E-state index contributed by atoms with van der Waals surface area (Å²) in [7, 11) is 3.14. The second-order valence-corrected chi connectivity index (χ2v) is 4.94. The molecule has 0 radical (unpaired) electrons. The van der Waals surface area contributed by atoms with Crippen LogP contribution in [0.25, 0.3) is 0 Å². The maximum Gasteiger partial charge on any atom is 0.416 e. The summed E-state index contributed by atoms with van der Waals surface area (Å²) in [6, 6.07) is 10.6. The smallest absolute Gasteiger partial charge is 0.416 e.